The molecule has 4 nitrogen and oxygen atoms in total. The second kappa shape index (κ2) is 5.13. The first-order valence-electron chi connectivity index (χ1n) is 7.02. The molecule has 1 aromatic rings. The Morgan fingerprint density at radius 2 is 2.05 bits per heavy atom. The van der Waals surface area contributed by atoms with Gasteiger partial charge in [-0.15, -0.1) is 0 Å². The van der Waals surface area contributed by atoms with Gasteiger partial charge >= 0.3 is 0 Å². The molecule has 0 unspecified atom stereocenters. The van der Waals surface area contributed by atoms with Crippen molar-refractivity contribution in [3.63, 3.8) is 0 Å². The third kappa shape index (κ3) is 2.77. The van der Waals surface area contributed by atoms with E-state index in [1.165, 1.54) is 18.4 Å². The van der Waals surface area contributed by atoms with E-state index in [-0.39, 0.29) is 0 Å². The van der Waals surface area contributed by atoms with Crippen LogP contribution >= 0.6 is 0 Å². The average Bonchev–Trinajstić information content (AvgIpc) is 3.06. The molecule has 2 N–H and O–H groups in total. The molecule has 19 heavy (non-hydrogen) atoms. The van der Waals surface area contributed by atoms with Crippen LogP contribution in [0.25, 0.3) is 0 Å². The predicted molar refractivity (Wildman–Crippen MR) is 75.8 cm³/mol. The molecule has 0 radical (unpaired) electrons. The van der Waals surface area contributed by atoms with Gasteiger partial charge in [-0.1, -0.05) is 18.9 Å². The molecule has 5 heteroatoms. The lowest BCUT2D eigenvalue weighted by Gasteiger charge is -2.12. The molecule has 2 aliphatic rings. The molecule has 1 heterocycles. The molecule has 0 amide bonds. The molecule has 0 spiro atoms. The Labute approximate surface area is 114 Å². The number of anilines is 1. The molecule has 0 saturated heterocycles. The van der Waals surface area contributed by atoms with Gasteiger partial charge < -0.3 is 5.32 Å². The Hall–Kier alpha value is -1.07. The second-order valence-electron chi connectivity index (χ2n) is 5.50. The first-order chi connectivity index (χ1) is 9.15. The summed E-state index contributed by atoms with van der Waals surface area (Å²) in [4.78, 5) is 0.374. The Morgan fingerprint density at radius 3 is 2.84 bits per heavy atom. The summed E-state index contributed by atoms with van der Waals surface area (Å²) < 4.78 is 27.3. The molecular weight excluding hydrogens is 260 g/mol. The number of fused-ring (bicyclic) bond motifs is 1. The quantitative estimate of drug-likeness (QED) is 0.888. The minimum absolute atomic E-state index is 0.374. The van der Waals surface area contributed by atoms with Gasteiger partial charge in [0, 0.05) is 18.8 Å². The van der Waals surface area contributed by atoms with Crippen molar-refractivity contribution in [1.82, 2.24) is 4.72 Å². The zero-order valence-corrected chi connectivity index (χ0v) is 11.8. The fourth-order valence-corrected chi connectivity index (χ4v) is 4.10. The summed E-state index contributed by atoms with van der Waals surface area (Å²) in [5.41, 5.74) is 2.17. The van der Waals surface area contributed by atoms with Gasteiger partial charge in [-0.05, 0) is 42.9 Å². The molecule has 0 aromatic heterocycles. The van der Waals surface area contributed by atoms with Crippen LogP contribution in [-0.2, 0) is 16.4 Å². The molecule has 1 fully saturated rings. The van der Waals surface area contributed by atoms with E-state index in [1.54, 1.807) is 12.1 Å². The lowest BCUT2D eigenvalue weighted by atomic mass is 10.1. The van der Waals surface area contributed by atoms with Crippen LogP contribution < -0.4 is 10.0 Å². The van der Waals surface area contributed by atoms with Crippen molar-refractivity contribution in [3.05, 3.63) is 23.8 Å². The normalized spacial score (nSPS) is 19.4. The van der Waals surface area contributed by atoms with Gasteiger partial charge in [0.15, 0.2) is 0 Å². The van der Waals surface area contributed by atoms with Gasteiger partial charge in [-0.2, -0.15) is 0 Å². The molecular formula is C14H20N2O2S. The smallest absolute Gasteiger partial charge is 0.240 e. The maximum atomic E-state index is 12.2. The highest BCUT2D eigenvalue weighted by Gasteiger charge is 2.21. The van der Waals surface area contributed by atoms with Crippen molar-refractivity contribution < 1.29 is 8.42 Å². The van der Waals surface area contributed by atoms with Crippen LogP contribution in [0, 0.1) is 5.92 Å². The van der Waals surface area contributed by atoms with E-state index in [9.17, 15) is 8.42 Å². The van der Waals surface area contributed by atoms with Crippen LogP contribution in [0.15, 0.2) is 23.1 Å². The number of hydrogen-bond acceptors (Lipinski definition) is 3. The summed E-state index contributed by atoms with van der Waals surface area (Å²) in [6.45, 7) is 1.47. The Bertz CT molecular complexity index is 563. The summed E-state index contributed by atoms with van der Waals surface area (Å²) in [5, 5.41) is 3.22. The minimum atomic E-state index is -3.36. The highest BCUT2D eigenvalue weighted by Crippen LogP contribution is 2.26. The molecule has 1 aromatic carbocycles. The molecule has 0 atom stereocenters. The van der Waals surface area contributed by atoms with Crippen molar-refractivity contribution in [3.8, 4) is 0 Å². The van der Waals surface area contributed by atoms with E-state index in [0.29, 0.717) is 17.4 Å². The maximum Gasteiger partial charge on any atom is 0.240 e. The van der Waals surface area contributed by atoms with Gasteiger partial charge in [0.25, 0.3) is 0 Å². The van der Waals surface area contributed by atoms with E-state index < -0.39 is 10.0 Å². The van der Waals surface area contributed by atoms with Crippen molar-refractivity contribution in [2.24, 2.45) is 5.92 Å². The fraction of sp³-hybridized carbons (Fsp3) is 0.571. The highest BCUT2D eigenvalue weighted by molar-refractivity contribution is 7.89. The van der Waals surface area contributed by atoms with E-state index in [2.05, 4.69) is 10.0 Å². The van der Waals surface area contributed by atoms with E-state index in [4.69, 9.17) is 0 Å². The Morgan fingerprint density at radius 1 is 1.26 bits per heavy atom. The summed E-state index contributed by atoms with van der Waals surface area (Å²) in [6, 6.07) is 5.38. The third-order valence-electron chi connectivity index (χ3n) is 4.14. The van der Waals surface area contributed by atoms with Crippen molar-refractivity contribution in [1.29, 1.82) is 0 Å². The molecule has 104 valence electrons. The standard InChI is InChI=1S/C14H20N2O2S/c17-19(18,16-10-11-3-1-2-4-11)13-6-5-12-7-8-15-14(12)9-13/h5-6,9,11,15-16H,1-4,7-8,10H2. The monoisotopic (exact) mass is 280 g/mol. The minimum Gasteiger partial charge on any atom is -0.384 e. The number of sulfonamides is 1. The average molecular weight is 280 g/mol. The molecule has 1 saturated carbocycles. The van der Waals surface area contributed by atoms with Gasteiger partial charge in [0.1, 0.15) is 0 Å². The SMILES string of the molecule is O=S(=O)(NCC1CCCC1)c1ccc2c(c1)NCC2. The third-order valence-corrected chi connectivity index (χ3v) is 5.56. The van der Waals surface area contributed by atoms with E-state index >= 15 is 0 Å². The number of benzene rings is 1. The van der Waals surface area contributed by atoms with Crippen LogP contribution in [0.1, 0.15) is 31.2 Å². The zero-order chi connectivity index (χ0) is 13.3. The van der Waals surface area contributed by atoms with E-state index in [0.717, 1.165) is 31.5 Å². The van der Waals surface area contributed by atoms with Crippen LogP contribution in [0.2, 0.25) is 0 Å². The van der Waals surface area contributed by atoms with Crippen LogP contribution in [0.5, 0.6) is 0 Å². The lowest BCUT2D eigenvalue weighted by molar-refractivity contribution is 0.519. The van der Waals surface area contributed by atoms with Gasteiger partial charge in [0.05, 0.1) is 4.90 Å². The Balaban J connectivity index is 1.72. The van der Waals surface area contributed by atoms with Crippen LogP contribution in [0.3, 0.4) is 0 Å². The van der Waals surface area contributed by atoms with Crippen molar-refractivity contribution in [2.75, 3.05) is 18.4 Å². The van der Waals surface area contributed by atoms with Gasteiger partial charge in [-0.3, -0.25) is 0 Å². The lowest BCUT2D eigenvalue weighted by Crippen LogP contribution is -2.28. The molecule has 0 bridgehead atoms. The molecule has 3 rings (SSSR count). The summed E-state index contributed by atoms with van der Waals surface area (Å²) in [5.74, 6) is 0.516. The number of hydrogen-bond donors (Lipinski definition) is 2. The topological polar surface area (TPSA) is 58.2 Å². The zero-order valence-electron chi connectivity index (χ0n) is 11.0. The number of nitrogens with one attached hydrogen (secondary N) is 2. The summed E-state index contributed by atoms with van der Waals surface area (Å²) in [7, 11) is -3.36. The van der Waals surface area contributed by atoms with Crippen LogP contribution in [-0.4, -0.2) is 21.5 Å². The van der Waals surface area contributed by atoms with Crippen molar-refractivity contribution in [2.45, 2.75) is 37.0 Å². The summed E-state index contributed by atoms with van der Waals surface area (Å²) >= 11 is 0. The molecule has 1 aliphatic carbocycles. The Kier molecular flexibility index (Phi) is 3.50. The van der Waals surface area contributed by atoms with Crippen molar-refractivity contribution >= 4 is 15.7 Å². The van der Waals surface area contributed by atoms with Gasteiger partial charge in [0.2, 0.25) is 10.0 Å². The second-order valence-corrected chi connectivity index (χ2v) is 7.27. The largest absolute Gasteiger partial charge is 0.384 e. The fourth-order valence-electron chi connectivity index (χ4n) is 2.96. The maximum absolute atomic E-state index is 12.2. The first-order valence-corrected chi connectivity index (χ1v) is 8.50. The predicted octanol–water partition coefficient (Wildman–Crippen LogP) is 2.12. The first kappa shape index (κ1) is 12.9. The molecule has 1 aliphatic heterocycles. The summed E-state index contributed by atoms with van der Waals surface area (Å²) in [6.07, 6.45) is 5.73. The van der Waals surface area contributed by atoms with Gasteiger partial charge in [-0.25, -0.2) is 13.1 Å². The highest BCUT2D eigenvalue weighted by atomic mass is 32.2. The van der Waals surface area contributed by atoms with Crippen LogP contribution in [0.4, 0.5) is 5.69 Å². The van der Waals surface area contributed by atoms with E-state index in [1.807, 2.05) is 6.07 Å². The number of rotatable bonds is 4.